The normalized spacial score (nSPS) is 33.2. The van der Waals surface area contributed by atoms with Gasteiger partial charge in [-0.05, 0) is 27.2 Å². The van der Waals surface area contributed by atoms with Crippen molar-refractivity contribution < 1.29 is 4.74 Å². The first kappa shape index (κ1) is 12.9. The van der Waals surface area contributed by atoms with Crippen molar-refractivity contribution in [2.24, 2.45) is 0 Å². The SMILES string of the molecule is CCOCCN1CC(C)(CC)NCC1C. The Morgan fingerprint density at radius 2 is 2.20 bits per heavy atom. The Morgan fingerprint density at radius 3 is 2.80 bits per heavy atom. The van der Waals surface area contributed by atoms with Gasteiger partial charge in [0.25, 0.3) is 0 Å². The molecule has 0 spiro atoms. The van der Waals surface area contributed by atoms with E-state index in [0.717, 1.165) is 32.8 Å². The molecule has 0 radical (unpaired) electrons. The minimum Gasteiger partial charge on any atom is -0.380 e. The first-order valence-electron chi connectivity index (χ1n) is 6.18. The summed E-state index contributed by atoms with van der Waals surface area (Å²) in [4.78, 5) is 2.54. The third-order valence-corrected chi connectivity index (χ3v) is 3.51. The van der Waals surface area contributed by atoms with Crippen LogP contribution in [0, 0.1) is 0 Å². The summed E-state index contributed by atoms with van der Waals surface area (Å²) in [5.74, 6) is 0. The van der Waals surface area contributed by atoms with Crippen molar-refractivity contribution in [3.8, 4) is 0 Å². The van der Waals surface area contributed by atoms with Crippen LogP contribution in [0.3, 0.4) is 0 Å². The molecule has 90 valence electrons. The topological polar surface area (TPSA) is 24.5 Å². The summed E-state index contributed by atoms with van der Waals surface area (Å²) in [5, 5.41) is 3.63. The molecule has 0 aromatic heterocycles. The smallest absolute Gasteiger partial charge is 0.0593 e. The summed E-state index contributed by atoms with van der Waals surface area (Å²) < 4.78 is 5.42. The van der Waals surface area contributed by atoms with E-state index in [2.05, 4.69) is 37.9 Å². The van der Waals surface area contributed by atoms with E-state index in [0.29, 0.717) is 11.6 Å². The molecule has 1 aliphatic heterocycles. The van der Waals surface area contributed by atoms with Gasteiger partial charge in [0.05, 0.1) is 6.61 Å². The zero-order chi connectivity index (χ0) is 11.3. The molecule has 3 nitrogen and oxygen atoms in total. The fourth-order valence-electron chi connectivity index (χ4n) is 2.05. The van der Waals surface area contributed by atoms with Crippen LogP contribution >= 0.6 is 0 Å². The predicted molar refractivity (Wildman–Crippen MR) is 64.2 cm³/mol. The molecule has 0 aliphatic carbocycles. The summed E-state index contributed by atoms with van der Waals surface area (Å²) in [7, 11) is 0. The maximum absolute atomic E-state index is 5.42. The number of rotatable bonds is 5. The van der Waals surface area contributed by atoms with Crippen LogP contribution in [0.5, 0.6) is 0 Å². The highest BCUT2D eigenvalue weighted by atomic mass is 16.5. The molecule has 2 unspecified atom stereocenters. The molecule has 0 saturated carbocycles. The lowest BCUT2D eigenvalue weighted by atomic mass is 9.94. The Morgan fingerprint density at radius 1 is 1.47 bits per heavy atom. The average molecular weight is 214 g/mol. The van der Waals surface area contributed by atoms with Crippen LogP contribution in [0.2, 0.25) is 0 Å². The number of hydrogen-bond donors (Lipinski definition) is 1. The van der Waals surface area contributed by atoms with Crippen molar-refractivity contribution >= 4 is 0 Å². The van der Waals surface area contributed by atoms with Gasteiger partial charge in [-0.3, -0.25) is 4.90 Å². The van der Waals surface area contributed by atoms with Gasteiger partial charge in [-0.2, -0.15) is 0 Å². The third kappa shape index (κ3) is 3.74. The maximum atomic E-state index is 5.42. The highest BCUT2D eigenvalue weighted by Gasteiger charge is 2.31. The minimum atomic E-state index is 0.290. The fraction of sp³-hybridized carbons (Fsp3) is 1.00. The zero-order valence-corrected chi connectivity index (χ0v) is 10.7. The fourth-order valence-corrected chi connectivity index (χ4v) is 2.05. The second-order valence-electron chi connectivity index (χ2n) is 4.81. The van der Waals surface area contributed by atoms with Crippen LogP contribution in [-0.4, -0.2) is 49.3 Å². The van der Waals surface area contributed by atoms with Crippen molar-refractivity contribution in [2.45, 2.75) is 45.7 Å². The number of nitrogens with one attached hydrogen (secondary N) is 1. The second kappa shape index (κ2) is 5.83. The van der Waals surface area contributed by atoms with Crippen LogP contribution in [0.15, 0.2) is 0 Å². The van der Waals surface area contributed by atoms with E-state index in [1.165, 1.54) is 6.42 Å². The summed E-state index contributed by atoms with van der Waals surface area (Å²) in [6.07, 6.45) is 1.19. The van der Waals surface area contributed by atoms with Crippen molar-refractivity contribution in [1.29, 1.82) is 0 Å². The Bertz CT molecular complexity index is 186. The van der Waals surface area contributed by atoms with Crippen LogP contribution in [0.25, 0.3) is 0 Å². The molecule has 3 heteroatoms. The van der Waals surface area contributed by atoms with Gasteiger partial charge in [-0.25, -0.2) is 0 Å². The van der Waals surface area contributed by atoms with Gasteiger partial charge < -0.3 is 10.1 Å². The number of piperazine rings is 1. The lowest BCUT2D eigenvalue weighted by Crippen LogP contribution is -2.62. The molecule has 0 aromatic carbocycles. The van der Waals surface area contributed by atoms with E-state index in [9.17, 15) is 0 Å². The van der Waals surface area contributed by atoms with Gasteiger partial charge in [-0.1, -0.05) is 6.92 Å². The van der Waals surface area contributed by atoms with Gasteiger partial charge in [0, 0.05) is 37.8 Å². The molecule has 1 saturated heterocycles. The quantitative estimate of drug-likeness (QED) is 0.702. The number of nitrogens with zero attached hydrogens (tertiary/aromatic N) is 1. The molecule has 1 heterocycles. The maximum Gasteiger partial charge on any atom is 0.0593 e. The van der Waals surface area contributed by atoms with E-state index in [1.807, 2.05) is 0 Å². The first-order chi connectivity index (χ1) is 7.11. The van der Waals surface area contributed by atoms with Crippen LogP contribution in [0.1, 0.15) is 34.1 Å². The van der Waals surface area contributed by atoms with E-state index in [4.69, 9.17) is 4.74 Å². The molecular formula is C12H26N2O. The third-order valence-electron chi connectivity index (χ3n) is 3.51. The van der Waals surface area contributed by atoms with Gasteiger partial charge in [-0.15, -0.1) is 0 Å². The highest BCUT2D eigenvalue weighted by Crippen LogP contribution is 2.18. The van der Waals surface area contributed by atoms with Gasteiger partial charge in [0.1, 0.15) is 0 Å². The molecule has 0 bridgehead atoms. The van der Waals surface area contributed by atoms with Crippen LogP contribution in [0.4, 0.5) is 0 Å². The Balaban J connectivity index is 2.39. The Kier molecular flexibility index (Phi) is 5.03. The summed E-state index contributed by atoms with van der Waals surface area (Å²) in [5.41, 5.74) is 0.290. The molecular weight excluding hydrogens is 188 g/mol. The summed E-state index contributed by atoms with van der Waals surface area (Å²) >= 11 is 0. The van der Waals surface area contributed by atoms with Crippen LogP contribution in [-0.2, 0) is 4.74 Å². The van der Waals surface area contributed by atoms with Gasteiger partial charge in [0.2, 0.25) is 0 Å². The lowest BCUT2D eigenvalue weighted by Gasteiger charge is -2.44. The molecule has 15 heavy (non-hydrogen) atoms. The van der Waals surface area contributed by atoms with Crippen molar-refractivity contribution in [1.82, 2.24) is 10.2 Å². The summed E-state index contributed by atoms with van der Waals surface area (Å²) in [6, 6.07) is 0.630. The molecule has 0 amide bonds. The number of hydrogen-bond acceptors (Lipinski definition) is 3. The van der Waals surface area contributed by atoms with E-state index >= 15 is 0 Å². The second-order valence-corrected chi connectivity index (χ2v) is 4.81. The van der Waals surface area contributed by atoms with Crippen LogP contribution < -0.4 is 5.32 Å². The van der Waals surface area contributed by atoms with Gasteiger partial charge >= 0.3 is 0 Å². The molecule has 1 aliphatic rings. The van der Waals surface area contributed by atoms with E-state index in [-0.39, 0.29) is 0 Å². The zero-order valence-electron chi connectivity index (χ0n) is 10.7. The van der Waals surface area contributed by atoms with Gasteiger partial charge in [0.15, 0.2) is 0 Å². The van der Waals surface area contributed by atoms with Crippen molar-refractivity contribution in [3.05, 3.63) is 0 Å². The van der Waals surface area contributed by atoms with Crippen molar-refractivity contribution in [2.75, 3.05) is 32.8 Å². The Labute approximate surface area is 94.2 Å². The molecule has 1 N–H and O–H groups in total. The average Bonchev–Trinajstić information content (AvgIpc) is 2.24. The molecule has 0 aromatic rings. The monoisotopic (exact) mass is 214 g/mol. The largest absolute Gasteiger partial charge is 0.380 e. The lowest BCUT2D eigenvalue weighted by molar-refractivity contribution is 0.0529. The number of ether oxygens (including phenoxy) is 1. The minimum absolute atomic E-state index is 0.290. The Hall–Kier alpha value is -0.120. The first-order valence-corrected chi connectivity index (χ1v) is 6.18. The van der Waals surface area contributed by atoms with E-state index in [1.54, 1.807) is 0 Å². The summed E-state index contributed by atoms with van der Waals surface area (Å²) in [6.45, 7) is 13.9. The molecule has 1 rings (SSSR count). The molecule has 1 fully saturated rings. The van der Waals surface area contributed by atoms with Crippen molar-refractivity contribution in [3.63, 3.8) is 0 Å². The highest BCUT2D eigenvalue weighted by molar-refractivity contribution is 4.92. The van der Waals surface area contributed by atoms with E-state index < -0.39 is 0 Å². The molecule has 2 atom stereocenters. The standard InChI is InChI=1S/C12H26N2O/c1-5-12(4)10-14(7-8-15-6-2)11(3)9-13-12/h11,13H,5-10H2,1-4H3. The predicted octanol–water partition coefficient (Wildman–Crippen LogP) is 1.49.